The summed E-state index contributed by atoms with van der Waals surface area (Å²) in [5.41, 5.74) is 1.81. The first-order valence-electron chi connectivity index (χ1n) is 8.22. The molecule has 0 aliphatic rings. The Morgan fingerprint density at radius 3 is 2.52 bits per heavy atom. The highest BCUT2D eigenvalue weighted by Gasteiger charge is 2.22. The van der Waals surface area contributed by atoms with Crippen molar-refractivity contribution in [3.8, 4) is 22.6 Å². The van der Waals surface area contributed by atoms with Crippen molar-refractivity contribution in [3.05, 3.63) is 82.0 Å². The number of pyridine rings is 1. The standard InChI is InChI=1S/C21H15NO4S/c1-26-15-9-5-6-13(12-15)18-16-10-11-17(23)22(14-7-3-2-4-8-14)20(16)27-19(18)21(24)25/h2-12H,1H3,(H,24,25). The Labute approximate surface area is 158 Å². The van der Waals surface area contributed by atoms with Crippen LogP contribution < -0.4 is 10.3 Å². The Morgan fingerprint density at radius 1 is 1.04 bits per heavy atom. The van der Waals surface area contributed by atoms with E-state index in [1.54, 1.807) is 29.9 Å². The summed E-state index contributed by atoms with van der Waals surface area (Å²) in [6.07, 6.45) is 0. The zero-order valence-corrected chi connectivity index (χ0v) is 15.2. The molecular formula is C21H15NO4S. The normalized spacial score (nSPS) is 10.9. The molecule has 134 valence electrons. The van der Waals surface area contributed by atoms with Crippen LogP contribution >= 0.6 is 11.3 Å². The molecule has 0 radical (unpaired) electrons. The lowest BCUT2D eigenvalue weighted by molar-refractivity contribution is 0.0703. The lowest BCUT2D eigenvalue weighted by atomic mass is 10.0. The van der Waals surface area contributed by atoms with E-state index in [1.807, 2.05) is 42.5 Å². The van der Waals surface area contributed by atoms with Gasteiger partial charge in [-0.05, 0) is 35.9 Å². The molecule has 0 saturated carbocycles. The number of benzene rings is 2. The van der Waals surface area contributed by atoms with Gasteiger partial charge in [0.05, 0.1) is 12.8 Å². The smallest absolute Gasteiger partial charge is 0.346 e. The first-order valence-corrected chi connectivity index (χ1v) is 9.03. The van der Waals surface area contributed by atoms with E-state index in [9.17, 15) is 14.7 Å². The minimum atomic E-state index is -1.03. The number of thiophene rings is 1. The van der Waals surface area contributed by atoms with E-state index in [1.165, 1.54) is 6.07 Å². The molecule has 4 aromatic rings. The summed E-state index contributed by atoms with van der Waals surface area (Å²) in [7, 11) is 1.57. The molecule has 0 bridgehead atoms. The molecule has 0 atom stereocenters. The quantitative estimate of drug-likeness (QED) is 0.571. The van der Waals surface area contributed by atoms with E-state index >= 15 is 0 Å². The predicted octanol–water partition coefficient (Wildman–Crippen LogP) is 4.43. The van der Waals surface area contributed by atoms with Gasteiger partial charge in [0.2, 0.25) is 0 Å². The minimum Gasteiger partial charge on any atom is -0.497 e. The Bertz CT molecular complexity index is 1210. The molecule has 0 spiro atoms. The van der Waals surface area contributed by atoms with Gasteiger partial charge in [-0.1, -0.05) is 30.3 Å². The third kappa shape index (κ3) is 2.90. The van der Waals surface area contributed by atoms with Crippen molar-refractivity contribution in [2.75, 3.05) is 7.11 Å². The number of ether oxygens (including phenoxy) is 1. The molecule has 1 N–H and O–H groups in total. The van der Waals surface area contributed by atoms with Crippen molar-refractivity contribution in [1.82, 2.24) is 4.57 Å². The minimum absolute atomic E-state index is 0.188. The number of carboxylic acid groups (broad SMARTS) is 1. The van der Waals surface area contributed by atoms with Gasteiger partial charge in [0, 0.05) is 17.0 Å². The number of hydrogen-bond donors (Lipinski definition) is 1. The fourth-order valence-corrected chi connectivity index (χ4v) is 4.30. The van der Waals surface area contributed by atoms with Crippen LogP contribution in [0.25, 0.3) is 27.0 Å². The monoisotopic (exact) mass is 377 g/mol. The van der Waals surface area contributed by atoms with Crippen LogP contribution in [0.2, 0.25) is 0 Å². The van der Waals surface area contributed by atoms with Gasteiger partial charge in [-0.3, -0.25) is 9.36 Å². The molecule has 0 saturated heterocycles. The van der Waals surface area contributed by atoms with Crippen LogP contribution in [-0.4, -0.2) is 22.8 Å². The van der Waals surface area contributed by atoms with E-state index in [0.29, 0.717) is 27.2 Å². The lowest BCUT2D eigenvalue weighted by Crippen LogP contribution is -2.16. The van der Waals surface area contributed by atoms with Crippen molar-refractivity contribution in [2.24, 2.45) is 0 Å². The van der Waals surface area contributed by atoms with Gasteiger partial charge >= 0.3 is 5.97 Å². The molecule has 0 aliphatic carbocycles. The zero-order chi connectivity index (χ0) is 19.0. The number of aromatic carboxylic acids is 1. The van der Waals surface area contributed by atoms with Crippen LogP contribution in [-0.2, 0) is 0 Å². The number of carboxylic acids is 1. The number of carbonyl (C=O) groups is 1. The summed E-state index contributed by atoms with van der Waals surface area (Å²) in [6.45, 7) is 0. The van der Waals surface area contributed by atoms with Crippen molar-refractivity contribution in [1.29, 1.82) is 0 Å². The number of rotatable bonds is 4. The summed E-state index contributed by atoms with van der Waals surface area (Å²) < 4.78 is 6.83. The SMILES string of the molecule is COc1cccc(-c2c(C(=O)O)sc3c2ccc(=O)n3-c2ccccc2)c1. The first-order chi connectivity index (χ1) is 13.1. The van der Waals surface area contributed by atoms with Gasteiger partial charge in [-0.15, -0.1) is 11.3 Å². The summed E-state index contributed by atoms with van der Waals surface area (Å²) in [6, 6.07) is 19.6. The van der Waals surface area contributed by atoms with Gasteiger partial charge in [0.15, 0.2) is 0 Å². The number of aromatic nitrogens is 1. The molecule has 2 aromatic carbocycles. The first kappa shape index (κ1) is 17.1. The maximum atomic E-state index is 12.6. The Hall–Kier alpha value is -3.38. The third-order valence-electron chi connectivity index (χ3n) is 4.31. The summed E-state index contributed by atoms with van der Waals surface area (Å²) in [4.78, 5) is 25.3. The Morgan fingerprint density at radius 2 is 1.81 bits per heavy atom. The summed E-state index contributed by atoms with van der Waals surface area (Å²) in [5, 5.41) is 10.5. The number of nitrogens with zero attached hydrogens (tertiary/aromatic N) is 1. The summed E-state index contributed by atoms with van der Waals surface area (Å²) >= 11 is 1.10. The van der Waals surface area contributed by atoms with E-state index < -0.39 is 5.97 Å². The number of para-hydroxylation sites is 1. The second kappa shape index (κ2) is 6.74. The van der Waals surface area contributed by atoms with Gasteiger partial charge in [-0.2, -0.15) is 0 Å². The van der Waals surface area contributed by atoms with Crippen LogP contribution in [0, 0.1) is 0 Å². The molecule has 27 heavy (non-hydrogen) atoms. The molecule has 4 rings (SSSR count). The zero-order valence-electron chi connectivity index (χ0n) is 14.4. The molecule has 5 nitrogen and oxygen atoms in total. The largest absolute Gasteiger partial charge is 0.497 e. The highest BCUT2D eigenvalue weighted by atomic mass is 32.1. The van der Waals surface area contributed by atoms with Crippen LogP contribution in [0.3, 0.4) is 0 Å². The van der Waals surface area contributed by atoms with Crippen LogP contribution in [0.1, 0.15) is 9.67 Å². The Balaban J connectivity index is 2.09. The van der Waals surface area contributed by atoms with E-state index in [4.69, 9.17) is 4.74 Å². The fourth-order valence-electron chi connectivity index (χ4n) is 3.12. The maximum Gasteiger partial charge on any atom is 0.346 e. The summed E-state index contributed by atoms with van der Waals surface area (Å²) in [5.74, 6) is -0.388. The van der Waals surface area contributed by atoms with Crippen molar-refractivity contribution < 1.29 is 14.6 Å². The van der Waals surface area contributed by atoms with Gasteiger partial charge < -0.3 is 9.84 Å². The number of hydrogen-bond acceptors (Lipinski definition) is 4. The fraction of sp³-hybridized carbons (Fsp3) is 0.0476. The van der Waals surface area contributed by atoms with Crippen LogP contribution in [0.4, 0.5) is 0 Å². The third-order valence-corrected chi connectivity index (χ3v) is 5.49. The molecule has 2 heterocycles. The number of fused-ring (bicyclic) bond motifs is 1. The van der Waals surface area contributed by atoms with Crippen molar-refractivity contribution >= 4 is 27.5 Å². The molecule has 0 unspecified atom stereocenters. The van der Waals surface area contributed by atoms with E-state index in [0.717, 1.165) is 16.9 Å². The highest BCUT2D eigenvalue weighted by Crippen LogP contribution is 2.39. The Kier molecular flexibility index (Phi) is 4.25. The molecule has 6 heteroatoms. The van der Waals surface area contributed by atoms with Gasteiger partial charge in [-0.25, -0.2) is 4.79 Å². The maximum absolute atomic E-state index is 12.6. The molecule has 2 aromatic heterocycles. The predicted molar refractivity (Wildman–Crippen MR) is 106 cm³/mol. The average Bonchev–Trinajstić information content (AvgIpc) is 3.08. The van der Waals surface area contributed by atoms with E-state index in [-0.39, 0.29) is 10.4 Å². The second-order valence-corrected chi connectivity index (χ2v) is 6.90. The van der Waals surface area contributed by atoms with Crippen LogP contribution in [0.5, 0.6) is 5.75 Å². The van der Waals surface area contributed by atoms with Crippen molar-refractivity contribution in [2.45, 2.75) is 0 Å². The molecule has 0 aliphatic heterocycles. The number of methoxy groups -OCH3 is 1. The topological polar surface area (TPSA) is 68.5 Å². The highest BCUT2D eigenvalue weighted by molar-refractivity contribution is 7.21. The molecule has 0 amide bonds. The van der Waals surface area contributed by atoms with Crippen LogP contribution in [0.15, 0.2) is 71.5 Å². The second-order valence-electron chi connectivity index (χ2n) is 5.90. The van der Waals surface area contributed by atoms with Gasteiger partial charge in [0.25, 0.3) is 5.56 Å². The van der Waals surface area contributed by atoms with E-state index in [2.05, 4.69) is 0 Å². The van der Waals surface area contributed by atoms with Gasteiger partial charge in [0.1, 0.15) is 15.5 Å². The average molecular weight is 377 g/mol. The molecule has 0 fully saturated rings. The molecular weight excluding hydrogens is 362 g/mol. The van der Waals surface area contributed by atoms with Crippen molar-refractivity contribution in [3.63, 3.8) is 0 Å². The lowest BCUT2D eigenvalue weighted by Gasteiger charge is -2.08.